The number of ether oxygens (including phenoxy) is 8. The SMILES string of the molecule is CC(CC(C)(C)OC(=O)OCC(C)C(C)(C)OC(=O)OCC1CO1)OC(=O)OCC1CO1. The molecule has 0 aliphatic carbocycles. The fourth-order valence-electron chi connectivity index (χ4n) is 2.62. The highest BCUT2D eigenvalue weighted by molar-refractivity contribution is 5.61. The molecule has 2 aliphatic heterocycles. The van der Waals surface area contributed by atoms with Crippen LogP contribution in [0.4, 0.5) is 14.4 Å². The Balaban J connectivity index is 1.66. The van der Waals surface area contributed by atoms with Crippen molar-refractivity contribution in [2.24, 2.45) is 5.92 Å². The molecule has 4 atom stereocenters. The number of hydrogen-bond donors (Lipinski definition) is 0. The largest absolute Gasteiger partial charge is 0.508 e. The summed E-state index contributed by atoms with van der Waals surface area (Å²) in [5.41, 5.74) is -1.90. The van der Waals surface area contributed by atoms with E-state index in [0.29, 0.717) is 13.2 Å². The van der Waals surface area contributed by atoms with Gasteiger partial charge in [-0.1, -0.05) is 6.92 Å². The highest BCUT2D eigenvalue weighted by Crippen LogP contribution is 2.24. The Labute approximate surface area is 187 Å². The predicted molar refractivity (Wildman–Crippen MR) is 108 cm³/mol. The van der Waals surface area contributed by atoms with Crippen LogP contribution in [0.25, 0.3) is 0 Å². The monoisotopic (exact) mass is 462 g/mol. The van der Waals surface area contributed by atoms with Gasteiger partial charge >= 0.3 is 18.5 Å². The molecular weight excluding hydrogens is 428 g/mol. The molecule has 2 saturated heterocycles. The van der Waals surface area contributed by atoms with Gasteiger partial charge in [0.25, 0.3) is 0 Å². The Hall–Kier alpha value is -2.27. The summed E-state index contributed by atoms with van der Waals surface area (Å²) in [6.07, 6.45) is -2.91. The molecule has 0 saturated carbocycles. The Morgan fingerprint density at radius 2 is 1.34 bits per heavy atom. The van der Waals surface area contributed by atoms with Crippen LogP contribution in [0.1, 0.15) is 48.0 Å². The van der Waals surface area contributed by atoms with Crippen LogP contribution in [0.2, 0.25) is 0 Å². The van der Waals surface area contributed by atoms with Crippen molar-refractivity contribution in [3.8, 4) is 0 Å². The van der Waals surface area contributed by atoms with E-state index in [1.807, 2.05) is 0 Å². The molecule has 0 bridgehead atoms. The number of carbonyl (C=O) groups excluding carboxylic acids is 3. The molecule has 0 aromatic rings. The van der Waals surface area contributed by atoms with Crippen molar-refractivity contribution in [2.45, 2.75) is 77.5 Å². The molecule has 0 amide bonds. The second kappa shape index (κ2) is 11.0. The van der Waals surface area contributed by atoms with E-state index >= 15 is 0 Å². The fourth-order valence-corrected chi connectivity index (χ4v) is 2.62. The van der Waals surface area contributed by atoms with Crippen LogP contribution >= 0.6 is 0 Å². The molecule has 2 heterocycles. The number of rotatable bonds is 12. The first-order chi connectivity index (χ1) is 14.9. The third kappa shape index (κ3) is 10.4. The minimum absolute atomic E-state index is 0.0391. The fraction of sp³-hybridized carbons (Fsp3) is 0.857. The van der Waals surface area contributed by atoms with Crippen molar-refractivity contribution in [1.82, 2.24) is 0 Å². The van der Waals surface area contributed by atoms with Crippen LogP contribution < -0.4 is 0 Å². The molecule has 184 valence electrons. The summed E-state index contributed by atoms with van der Waals surface area (Å²) in [6, 6.07) is 0. The Bertz CT molecular complexity index is 652. The van der Waals surface area contributed by atoms with Gasteiger partial charge in [-0.15, -0.1) is 0 Å². The molecule has 11 nitrogen and oxygen atoms in total. The van der Waals surface area contributed by atoms with Crippen LogP contribution in [0.15, 0.2) is 0 Å². The maximum absolute atomic E-state index is 12.1. The minimum Gasteiger partial charge on any atom is -0.434 e. The van der Waals surface area contributed by atoms with Crippen molar-refractivity contribution >= 4 is 18.5 Å². The Morgan fingerprint density at radius 1 is 0.844 bits per heavy atom. The normalized spacial score (nSPS) is 21.6. The lowest BCUT2D eigenvalue weighted by Crippen LogP contribution is -2.39. The summed E-state index contributed by atoms with van der Waals surface area (Å²) in [6.45, 7) is 11.6. The highest BCUT2D eigenvalue weighted by Gasteiger charge is 2.34. The van der Waals surface area contributed by atoms with Gasteiger partial charge in [-0.05, 0) is 34.6 Å². The molecule has 0 aromatic carbocycles. The Kier molecular flexibility index (Phi) is 8.97. The van der Waals surface area contributed by atoms with Crippen molar-refractivity contribution in [1.29, 1.82) is 0 Å². The van der Waals surface area contributed by atoms with Crippen LogP contribution in [0, 0.1) is 5.92 Å². The van der Waals surface area contributed by atoms with E-state index < -0.39 is 35.8 Å². The van der Waals surface area contributed by atoms with E-state index in [4.69, 9.17) is 37.9 Å². The van der Waals surface area contributed by atoms with Gasteiger partial charge in [0.1, 0.15) is 49.3 Å². The maximum atomic E-state index is 12.1. The highest BCUT2D eigenvalue weighted by atomic mass is 16.8. The van der Waals surface area contributed by atoms with Crippen molar-refractivity contribution in [3.05, 3.63) is 0 Å². The van der Waals surface area contributed by atoms with Gasteiger partial charge in [0.2, 0.25) is 0 Å². The zero-order chi connectivity index (χ0) is 23.9. The third-order valence-electron chi connectivity index (χ3n) is 5.00. The summed E-state index contributed by atoms with van der Waals surface area (Å²) < 4.78 is 40.8. The smallest absolute Gasteiger partial charge is 0.434 e. The van der Waals surface area contributed by atoms with Gasteiger partial charge in [0.15, 0.2) is 0 Å². The average molecular weight is 462 g/mol. The number of carbonyl (C=O) groups is 3. The van der Waals surface area contributed by atoms with Gasteiger partial charge in [-0.25, -0.2) is 14.4 Å². The summed E-state index contributed by atoms with van der Waals surface area (Å²) in [7, 11) is 0. The van der Waals surface area contributed by atoms with Crippen LogP contribution in [0.5, 0.6) is 0 Å². The summed E-state index contributed by atoms with van der Waals surface area (Å²) in [5.74, 6) is -0.338. The quantitative estimate of drug-likeness (QED) is 0.240. The molecule has 0 aromatic heterocycles. The van der Waals surface area contributed by atoms with E-state index in [-0.39, 0.29) is 44.4 Å². The van der Waals surface area contributed by atoms with E-state index in [1.165, 1.54) is 0 Å². The first-order valence-electron chi connectivity index (χ1n) is 10.6. The van der Waals surface area contributed by atoms with E-state index in [1.54, 1.807) is 41.5 Å². The lowest BCUT2D eigenvalue weighted by molar-refractivity contribution is -0.0740. The first-order valence-corrected chi connectivity index (χ1v) is 10.6. The van der Waals surface area contributed by atoms with Gasteiger partial charge < -0.3 is 37.9 Å². The van der Waals surface area contributed by atoms with Crippen molar-refractivity contribution in [2.75, 3.05) is 33.0 Å². The molecule has 2 rings (SSSR count). The van der Waals surface area contributed by atoms with E-state index in [9.17, 15) is 14.4 Å². The second-order valence-electron chi connectivity index (χ2n) is 9.19. The summed E-state index contributed by atoms with van der Waals surface area (Å²) in [4.78, 5) is 35.6. The molecule has 2 aliphatic rings. The Morgan fingerprint density at radius 3 is 1.88 bits per heavy atom. The van der Waals surface area contributed by atoms with Crippen LogP contribution in [-0.2, 0) is 37.9 Å². The topological polar surface area (TPSA) is 132 Å². The number of epoxide rings is 2. The molecule has 4 unspecified atom stereocenters. The molecule has 0 spiro atoms. The minimum atomic E-state index is -0.958. The lowest BCUT2D eigenvalue weighted by atomic mass is 9.93. The molecule has 0 radical (unpaired) electrons. The molecule has 32 heavy (non-hydrogen) atoms. The van der Waals surface area contributed by atoms with Gasteiger partial charge in [-0.3, -0.25) is 0 Å². The van der Waals surface area contributed by atoms with Gasteiger partial charge in [-0.2, -0.15) is 0 Å². The molecule has 11 heteroatoms. The zero-order valence-corrected chi connectivity index (χ0v) is 19.5. The van der Waals surface area contributed by atoms with Gasteiger partial charge in [0, 0.05) is 12.3 Å². The van der Waals surface area contributed by atoms with Crippen LogP contribution in [0.3, 0.4) is 0 Å². The lowest BCUT2D eigenvalue weighted by Gasteiger charge is -2.31. The summed E-state index contributed by atoms with van der Waals surface area (Å²) in [5, 5.41) is 0. The second-order valence-corrected chi connectivity index (χ2v) is 9.19. The molecule has 0 N–H and O–H groups in total. The third-order valence-corrected chi connectivity index (χ3v) is 5.00. The van der Waals surface area contributed by atoms with Crippen molar-refractivity contribution in [3.63, 3.8) is 0 Å². The standard InChI is InChI=1S/C21H34O11/c1-13(21(5,6)32-19(24)29-12-16-10-26-16)8-27-18(23)31-20(3,4)7-14(2)30-17(22)28-11-15-9-25-15/h13-16H,7-12H2,1-6H3. The average Bonchev–Trinajstić information content (AvgIpc) is 3.56. The van der Waals surface area contributed by atoms with E-state index in [2.05, 4.69) is 0 Å². The zero-order valence-electron chi connectivity index (χ0n) is 19.5. The van der Waals surface area contributed by atoms with Gasteiger partial charge in [0.05, 0.1) is 13.2 Å². The first kappa shape index (κ1) is 26.0. The molecule has 2 fully saturated rings. The predicted octanol–water partition coefficient (Wildman–Crippen LogP) is 3.22. The number of hydrogen-bond acceptors (Lipinski definition) is 11. The summed E-state index contributed by atoms with van der Waals surface area (Å²) >= 11 is 0. The maximum Gasteiger partial charge on any atom is 0.508 e. The van der Waals surface area contributed by atoms with Crippen molar-refractivity contribution < 1.29 is 52.3 Å². The molecular formula is C21H34O11. The van der Waals surface area contributed by atoms with E-state index in [0.717, 1.165) is 0 Å². The van der Waals surface area contributed by atoms with Crippen LogP contribution in [-0.4, -0.2) is 81.0 Å².